The summed E-state index contributed by atoms with van der Waals surface area (Å²) in [5.74, 6) is 1.31. The van der Waals surface area contributed by atoms with Crippen LogP contribution in [-0.2, 0) is 17.2 Å². The quantitative estimate of drug-likeness (QED) is 0.348. The van der Waals surface area contributed by atoms with Crippen LogP contribution in [0.25, 0.3) is 11.4 Å². The van der Waals surface area contributed by atoms with Gasteiger partial charge in [0, 0.05) is 0 Å². The summed E-state index contributed by atoms with van der Waals surface area (Å²) in [5, 5.41) is 0. The zero-order valence-corrected chi connectivity index (χ0v) is 15.5. The summed E-state index contributed by atoms with van der Waals surface area (Å²) in [4.78, 5) is 0. The summed E-state index contributed by atoms with van der Waals surface area (Å²) in [6, 6.07) is 10.6. The molecule has 0 saturated carbocycles. The molecule has 0 radical (unpaired) electrons. The molecule has 134 valence electrons. The number of hydrogen-bond donors (Lipinski definition) is 0. The van der Waals surface area contributed by atoms with E-state index in [1.165, 1.54) is 11.4 Å². The van der Waals surface area contributed by atoms with Gasteiger partial charge >= 0.3 is 5.51 Å². The molecule has 0 saturated heterocycles. The first-order valence-electron chi connectivity index (χ1n) is 6.90. The van der Waals surface area contributed by atoms with E-state index >= 15 is 0 Å². The highest BCUT2D eigenvalue weighted by Crippen LogP contribution is 2.20. The van der Waals surface area contributed by atoms with Crippen molar-refractivity contribution in [3.63, 3.8) is 0 Å². The van der Waals surface area contributed by atoms with E-state index in [4.69, 9.17) is 13.0 Å². The first-order chi connectivity index (χ1) is 10.7. The number of benzene rings is 1. The fourth-order valence-corrected chi connectivity index (χ4v) is 3.39. The number of alkyl halides is 3. The number of rotatable bonds is 2. The minimum Gasteiger partial charge on any atom is -0.741 e. The van der Waals surface area contributed by atoms with E-state index in [9.17, 15) is 13.2 Å². The number of aromatic nitrogens is 2. The maximum atomic E-state index is 10.7. The third-order valence-corrected chi connectivity index (χ3v) is 5.41. The van der Waals surface area contributed by atoms with E-state index in [0.29, 0.717) is 0 Å². The third-order valence-electron chi connectivity index (χ3n) is 3.04. The number of halogens is 3. The van der Waals surface area contributed by atoms with Crippen LogP contribution >= 0.6 is 0 Å². The Morgan fingerprint density at radius 3 is 1.96 bits per heavy atom. The smallest absolute Gasteiger partial charge is 0.485 e. The van der Waals surface area contributed by atoms with Gasteiger partial charge in [0.1, 0.15) is 12.4 Å². The largest absolute Gasteiger partial charge is 0.741 e. The number of nitrogens with zero attached hydrogens (tertiary/aromatic N) is 2. The lowest BCUT2D eigenvalue weighted by Gasteiger charge is -2.14. The Labute approximate surface area is 140 Å². The van der Waals surface area contributed by atoms with Gasteiger partial charge in [0.05, 0.1) is 12.6 Å². The zero-order valence-electron chi connectivity index (χ0n) is 13.7. The summed E-state index contributed by atoms with van der Waals surface area (Å²) in [6.45, 7) is 7.08. The summed E-state index contributed by atoms with van der Waals surface area (Å²) >= 11 is 0. The van der Waals surface area contributed by atoms with Crippen LogP contribution in [-0.4, -0.2) is 30.9 Å². The summed E-state index contributed by atoms with van der Waals surface area (Å²) in [6.07, 6.45) is 4.34. The molecule has 0 amide bonds. The molecular weight excluding hydrogens is 361 g/mol. The molecule has 0 aliphatic heterocycles. The van der Waals surface area contributed by atoms with E-state index in [0.717, 1.165) is 0 Å². The molecule has 0 N–H and O–H groups in total. The Morgan fingerprint density at radius 2 is 1.58 bits per heavy atom. The molecule has 0 fully saturated rings. The minimum absolute atomic E-state index is 1.29. The van der Waals surface area contributed by atoms with Gasteiger partial charge in [0.15, 0.2) is 10.1 Å². The van der Waals surface area contributed by atoms with Gasteiger partial charge in [-0.2, -0.15) is 13.2 Å². The molecule has 1 aromatic heterocycles. The van der Waals surface area contributed by atoms with Crippen LogP contribution in [0.2, 0.25) is 19.6 Å². The zero-order chi connectivity index (χ0) is 18.8. The van der Waals surface area contributed by atoms with Crippen molar-refractivity contribution in [3.05, 3.63) is 42.7 Å². The van der Waals surface area contributed by atoms with Crippen molar-refractivity contribution >= 4 is 18.4 Å². The number of aryl methyl sites for hydroxylation is 1. The molecule has 0 spiro atoms. The summed E-state index contributed by atoms with van der Waals surface area (Å²) in [7, 11) is -5.32. The van der Waals surface area contributed by atoms with E-state index in [2.05, 4.69) is 78.2 Å². The molecule has 0 unspecified atom stereocenters. The van der Waals surface area contributed by atoms with Crippen LogP contribution in [0.1, 0.15) is 0 Å². The average Bonchev–Trinajstić information content (AvgIpc) is 2.80. The first kappa shape index (κ1) is 20.4. The minimum atomic E-state index is -6.09. The monoisotopic (exact) mass is 380 g/mol. The van der Waals surface area contributed by atoms with Crippen LogP contribution in [0.5, 0.6) is 0 Å². The number of hydrogen-bond acceptors (Lipinski definition) is 3. The van der Waals surface area contributed by atoms with Crippen molar-refractivity contribution in [1.29, 1.82) is 0 Å². The molecule has 1 heterocycles. The molecule has 0 bridgehead atoms. The van der Waals surface area contributed by atoms with Gasteiger partial charge in [0.25, 0.3) is 14.1 Å². The lowest BCUT2D eigenvalue weighted by molar-refractivity contribution is -0.659. The fourth-order valence-electron chi connectivity index (χ4n) is 1.95. The van der Waals surface area contributed by atoms with Crippen LogP contribution < -0.4 is 4.57 Å². The Hall–Kier alpha value is -1.65. The van der Waals surface area contributed by atoms with Crippen molar-refractivity contribution in [1.82, 2.24) is 4.23 Å². The van der Waals surface area contributed by atoms with Gasteiger partial charge in [-0.3, -0.25) is 4.23 Å². The van der Waals surface area contributed by atoms with E-state index < -0.39 is 23.9 Å². The topological polar surface area (TPSA) is 66.0 Å². The Kier molecular flexibility index (Phi) is 6.01. The first-order valence-corrected chi connectivity index (χ1v) is 11.8. The van der Waals surface area contributed by atoms with Crippen molar-refractivity contribution in [2.75, 3.05) is 0 Å². The highest BCUT2D eigenvalue weighted by Gasteiger charge is 2.37. The van der Waals surface area contributed by atoms with E-state index in [1.807, 2.05) is 0 Å². The predicted molar refractivity (Wildman–Crippen MR) is 85.5 cm³/mol. The second-order valence-electron chi connectivity index (χ2n) is 6.04. The fraction of sp³-hybridized carbons (Fsp3) is 0.357. The molecule has 2 aromatic rings. The molecule has 0 aliphatic carbocycles. The molecule has 24 heavy (non-hydrogen) atoms. The lowest BCUT2D eigenvalue weighted by atomic mass is 10.2. The average molecular weight is 380 g/mol. The molecule has 0 aliphatic rings. The van der Waals surface area contributed by atoms with E-state index in [1.54, 1.807) is 0 Å². The molecular formula is C14H19F3N2O3SSi. The normalized spacial score (nSPS) is 12.5. The maximum Gasteiger partial charge on any atom is 0.485 e. The highest BCUT2D eigenvalue weighted by atomic mass is 32.2. The van der Waals surface area contributed by atoms with Crippen molar-refractivity contribution in [2.45, 2.75) is 25.1 Å². The second-order valence-corrected chi connectivity index (χ2v) is 12.2. The Morgan fingerprint density at radius 1 is 1.12 bits per heavy atom. The summed E-state index contributed by atoms with van der Waals surface area (Å²) < 4.78 is 63.6. The lowest BCUT2D eigenvalue weighted by Crippen LogP contribution is -2.37. The predicted octanol–water partition coefficient (Wildman–Crippen LogP) is 2.71. The Balaban J connectivity index is 0.000000307. The third kappa shape index (κ3) is 5.18. The standard InChI is InChI=1S/C13H19N2Si.CHF3O3S/c1-14-10-11-15(16(2,3)4)13(14)12-8-6-5-7-9-12;2-1(3,4)8(5,6)7/h5-11H,1-4H3;(H,5,6,7)/q+1;/p-1. The molecule has 10 heteroatoms. The van der Waals surface area contributed by atoms with Crippen molar-refractivity contribution in [2.24, 2.45) is 7.05 Å². The van der Waals surface area contributed by atoms with Crippen LogP contribution in [0.3, 0.4) is 0 Å². The van der Waals surface area contributed by atoms with Gasteiger partial charge in [-0.1, -0.05) is 18.2 Å². The van der Waals surface area contributed by atoms with Gasteiger partial charge < -0.3 is 4.55 Å². The molecule has 0 atom stereocenters. The van der Waals surface area contributed by atoms with Gasteiger partial charge in [-0.15, -0.1) is 0 Å². The van der Waals surface area contributed by atoms with Crippen LogP contribution in [0, 0.1) is 0 Å². The van der Waals surface area contributed by atoms with Crippen LogP contribution in [0.15, 0.2) is 42.7 Å². The molecule has 2 rings (SSSR count). The summed E-state index contributed by atoms with van der Waals surface area (Å²) in [5.41, 5.74) is -4.36. The van der Waals surface area contributed by atoms with Crippen LogP contribution in [0.4, 0.5) is 13.2 Å². The van der Waals surface area contributed by atoms with Crippen molar-refractivity contribution < 1.29 is 30.7 Å². The molecule has 1 aromatic carbocycles. The van der Waals surface area contributed by atoms with Gasteiger partial charge in [-0.05, 0) is 31.8 Å². The SMILES string of the molecule is C[n+]1ccn([Si](C)(C)C)c1-c1ccccc1.O=S(=O)([O-])C(F)(F)F. The maximum absolute atomic E-state index is 10.7. The van der Waals surface area contributed by atoms with Crippen molar-refractivity contribution in [3.8, 4) is 11.4 Å². The van der Waals surface area contributed by atoms with Gasteiger partial charge in [-0.25, -0.2) is 13.0 Å². The van der Waals surface area contributed by atoms with Gasteiger partial charge in [0.2, 0.25) is 0 Å². The molecule has 5 nitrogen and oxygen atoms in total. The highest BCUT2D eigenvalue weighted by molar-refractivity contribution is 7.86. The van der Waals surface area contributed by atoms with E-state index in [-0.39, 0.29) is 0 Å². The second kappa shape index (κ2) is 7.07. The number of imidazole rings is 1. The Bertz CT molecular complexity index is 782.